The van der Waals surface area contributed by atoms with Crippen LogP contribution >= 0.6 is 11.6 Å². The van der Waals surface area contributed by atoms with Gasteiger partial charge in [0, 0.05) is 19.7 Å². The van der Waals surface area contributed by atoms with Crippen molar-refractivity contribution < 1.29 is 18.0 Å². The zero-order valence-corrected chi connectivity index (χ0v) is 16.9. The Morgan fingerprint density at radius 2 is 1.78 bits per heavy atom. The maximum atomic E-state index is 12.7. The minimum absolute atomic E-state index is 0.0269. The summed E-state index contributed by atoms with van der Waals surface area (Å²) in [6.45, 7) is 1.76. The lowest BCUT2D eigenvalue weighted by molar-refractivity contribution is 0.0827. The van der Waals surface area contributed by atoms with Crippen LogP contribution in [-0.2, 0) is 9.84 Å². The van der Waals surface area contributed by atoms with Gasteiger partial charge in [0.25, 0.3) is 11.8 Å². The highest BCUT2D eigenvalue weighted by Gasteiger charge is 2.22. The predicted octanol–water partition coefficient (Wildman–Crippen LogP) is 3.48. The number of sulfone groups is 1. The van der Waals surface area contributed by atoms with E-state index in [4.69, 9.17) is 11.6 Å². The Morgan fingerprint density at radius 3 is 2.41 bits per heavy atom. The lowest BCUT2D eigenvalue weighted by Crippen LogP contribution is -2.22. The van der Waals surface area contributed by atoms with Crippen LogP contribution in [-0.4, -0.2) is 45.0 Å². The van der Waals surface area contributed by atoms with Gasteiger partial charge in [-0.25, -0.2) is 8.42 Å². The Morgan fingerprint density at radius 1 is 1.11 bits per heavy atom. The van der Waals surface area contributed by atoms with Crippen molar-refractivity contribution in [1.29, 1.82) is 0 Å². The van der Waals surface area contributed by atoms with Gasteiger partial charge in [-0.1, -0.05) is 30.7 Å². The molecule has 2 amide bonds. The van der Waals surface area contributed by atoms with Gasteiger partial charge in [-0.3, -0.25) is 9.59 Å². The van der Waals surface area contributed by atoms with Crippen LogP contribution in [0.25, 0.3) is 0 Å². The summed E-state index contributed by atoms with van der Waals surface area (Å²) in [7, 11) is -0.346. The third-order valence-electron chi connectivity index (χ3n) is 3.81. The van der Waals surface area contributed by atoms with E-state index in [9.17, 15) is 18.0 Å². The van der Waals surface area contributed by atoms with Crippen LogP contribution in [0.4, 0.5) is 5.69 Å². The first kappa shape index (κ1) is 20.9. The molecule has 8 heteroatoms. The van der Waals surface area contributed by atoms with Crippen molar-refractivity contribution in [1.82, 2.24) is 4.90 Å². The van der Waals surface area contributed by atoms with E-state index in [2.05, 4.69) is 5.32 Å². The largest absolute Gasteiger partial charge is 0.345 e. The van der Waals surface area contributed by atoms with Crippen molar-refractivity contribution in [3.8, 4) is 0 Å². The fraction of sp³-hybridized carbons (Fsp3) is 0.263. The summed E-state index contributed by atoms with van der Waals surface area (Å²) in [4.78, 5) is 26.2. The minimum Gasteiger partial charge on any atom is -0.345 e. The molecule has 0 aliphatic carbocycles. The third-order valence-corrected chi connectivity index (χ3v) is 6.11. The van der Waals surface area contributed by atoms with Gasteiger partial charge >= 0.3 is 0 Å². The van der Waals surface area contributed by atoms with Crippen molar-refractivity contribution in [3.63, 3.8) is 0 Å². The number of anilines is 1. The number of hydrogen-bond acceptors (Lipinski definition) is 4. The second-order valence-corrected chi connectivity index (χ2v) is 8.65. The van der Waals surface area contributed by atoms with Crippen molar-refractivity contribution in [2.75, 3.05) is 25.2 Å². The number of halogens is 1. The molecule has 2 aromatic rings. The van der Waals surface area contributed by atoms with Crippen molar-refractivity contribution in [3.05, 3.63) is 58.6 Å². The average Bonchev–Trinajstić information content (AvgIpc) is 2.62. The number of carbonyl (C=O) groups excluding carboxylic acids is 2. The Hall–Kier alpha value is -2.38. The van der Waals surface area contributed by atoms with Gasteiger partial charge in [-0.2, -0.15) is 0 Å². The summed E-state index contributed by atoms with van der Waals surface area (Å²) >= 11 is 6.13. The number of nitrogens with zero attached hydrogens (tertiary/aromatic N) is 1. The van der Waals surface area contributed by atoms with Gasteiger partial charge in [0.15, 0.2) is 9.84 Å². The molecule has 0 spiro atoms. The second kappa shape index (κ2) is 8.54. The molecule has 144 valence electrons. The van der Waals surface area contributed by atoms with Crippen LogP contribution in [0.2, 0.25) is 5.02 Å². The van der Waals surface area contributed by atoms with E-state index in [0.717, 1.165) is 0 Å². The molecule has 2 rings (SSSR count). The molecule has 0 saturated heterocycles. The smallest absolute Gasteiger partial charge is 0.257 e. The summed E-state index contributed by atoms with van der Waals surface area (Å²) in [6, 6.07) is 10.5. The average molecular weight is 409 g/mol. The van der Waals surface area contributed by atoms with E-state index in [1.807, 2.05) is 0 Å². The Kier molecular flexibility index (Phi) is 6.62. The van der Waals surface area contributed by atoms with Gasteiger partial charge in [-0.05, 0) is 36.8 Å². The molecule has 0 unspecified atom stereocenters. The van der Waals surface area contributed by atoms with Gasteiger partial charge in [0.2, 0.25) is 0 Å². The molecule has 1 N–H and O–H groups in total. The molecule has 0 atom stereocenters. The van der Waals surface area contributed by atoms with Gasteiger partial charge in [0.1, 0.15) is 0 Å². The maximum absolute atomic E-state index is 12.7. The fourth-order valence-electron chi connectivity index (χ4n) is 2.51. The standard InChI is InChI=1S/C19H21ClN2O4S/c1-4-11-27(25,26)17-8-6-5-7-14(17)18(23)21-16-12-13(9-10-15(16)20)19(24)22(2)3/h5-10,12H,4,11H2,1-3H3,(H,21,23). The first-order valence-corrected chi connectivity index (χ1v) is 10.3. The van der Waals surface area contributed by atoms with Crippen LogP contribution < -0.4 is 5.32 Å². The molecule has 0 heterocycles. The van der Waals surface area contributed by atoms with Crippen LogP contribution in [0.1, 0.15) is 34.1 Å². The zero-order chi connectivity index (χ0) is 20.2. The van der Waals surface area contributed by atoms with Crippen LogP contribution in [0.15, 0.2) is 47.4 Å². The lowest BCUT2D eigenvalue weighted by Gasteiger charge is -2.14. The summed E-state index contributed by atoms with van der Waals surface area (Å²) in [6.07, 6.45) is 0.443. The van der Waals surface area contributed by atoms with Crippen LogP contribution in [0.5, 0.6) is 0 Å². The molecule has 0 bridgehead atoms. The highest BCUT2D eigenvalue weighted by molar-refractivity contribution is 7.91. The summed E-state index contributed by atoms with van der Waals surface area (Å²) in [5, 5.41) is 2.85. The van der Waals surface area contributed by atoms with Crippen molar-refractivity contribution in [2.45, 2.75) is 18.2 Å². The topological polar surface area (TPSA) is 83.5 Å². The molecule has 0 aliphatic rings. The van der Waals surface area contributed by atoms with Crippen molar-refractivity contribution in [2.24, 2.45) is 0 Å². The first-order valence-electron chi connectivity index (χ1n) is 8.31. The molecule has 0 aliphatic heterocycles. The molecule has 6 nitrogen and oxygen atoms in total. The quantitative estimate of drug-likeness (QED) is 0.793. The maximum Gasteiger partial charge on any atom is 0.257 e. The number of benzene rings is 2. The Labute approximate surface area is 164 Å². The van der Waals surface area contributed by atoms with Crippen LogP contribution in [0.3, 0.4) is 0 Å². The predicted molar refractivity (Wildman–Crippen MR) is 106 cm³/mol. The number of rotatable bonds is 6. The fourth-order valence-corrected chi connectivity index (χ4v) is 4.21. The molecule has 0 fully saturated rings. The van der Waals surface area contributed by atoms with Crippen molar-refractivity contribution >= 4 is 38.9 Å². The van der Waals surface area contributed by atoms with E-state index < -0.39 is 15.7 Å². The number of amides is 2. The van der Waals surface area contributed by atoms with E-state index >= 15 is 0 Å². The third kappa shape index (κ3) is 4.87. The normalized spacial score (nSPS) is 11.1. The number of hydrogen-bond donors (Lipinski definition) is 1. The Bertz CT molecular complexity index is 971. The molecule has 0 saturated carbocycles. The molecular weight excluding hydrogens is 388 g/mol. The van der Waals surface area contributed by atoms with Gasteiger partial charge < -0.3 is 10.2 Å². The van der Waals surface area contributed by atoms with Crippen LogP contribution in [0, 0.1) is 0 Å². The summed E-state index contributed by atoms with van der Waals surface area (Å²) in [5.41, 5.74) is 0.620. The summed E-state index contributed by atoms with van der Waals surface area (Å²) < 4.78 is 24.9. The molecule has 27 heavy (non-hydrogen) atoms. The lowest BCUT2D eigenvalue weighted by atomic mass is 10.1. The molecule has 0 aromatic heterocycles. The van der Waals surface area contributed by atoms with E-state index in [-0.39, 0.29) is 32.8 Å². The number of nitrogens with one attached hydrogen (secondary N) is 1. The van der Waals surface area contributed by atoms with E-state index in [0.29, 0.717) is 12.0 Å². The Balaban J connectivity index is 2.39. The molecule has 2 aromatic carbocycles. The SMILES string of the molecule is CCCS(=O)(=O)c1ccccc1C(=O)Nc1cc(C(=O)N(C)C)ccc1Cl. The number of carbonyl (C=O) groups is 2. The van der Waals surface area contributed by atoms with E-state index in [1.165, 1.54) is 29.2 Å². The molecular formula is C19H21ClN2O4S. The van der Waals surface area contributed by atoms with Gasteiger partial charge in [0.05, 0.1) is 26.9 Å². The van der Waals surface area contributed by atoms with Gasteiger partial charge in [-0.15, -0.1) is 0 Å². The first-order chi connectivity index (χ1) is 12.7. The zero-order valence-electron chi connectivity index (χ0n) is 15.3. The highest BCUT2D eigenvalue weighted by atomic mass is 35.5. The highest BCUT2D eigenvalue weighted by Crippen LogP contribution is 2.26. The molecule has 0 radical (unpaired) electrons. The monoisotopic (exact) mass is 408 g/mol. The van der Waals surface area contributed by atoms with E-state index in [1.54, 1.807) is 39.2 Å². The minimum atomic E-state index is -3.58. The second-order valence-electron chi connectivity index (χ2n) is 6.16. The summed E-state index contributed by atoms with van der Waals surface area (Å²) in [5.74, 6) is -0.903.